The summed E-state index contributed by atoms with van der Waals surface area (Å²) in [6.07, 6.45) is 0.823. The first-order valence-electron chi connectivity index (χ1n) is 4.88. The molecular weight excluding hydrogens is 197 g/mol. The third kappa shape index (κ3) is 2.33. The van der Waals surface area contributed by atoms with E-state index in [1.54, 1.807) is 0 Å². The maximum Gasteiger partial charge on any atom is 0.251 e. The number of hydrogen-bond acceptors (Lipinski definition) is 2. The highest BCUT2D eigenvalue weighted by Gasteiger charge is 2.37. The molecule has 3 nitrogen and oxygen atoms in total. The van der Waals surface area contributed by atoms with Gasteiger partial charge in [0.05, 0.1) is 0 Å². The summed E-state index contributed by atoms with van der Waals surface area (Å²) < 4.78 is 12.6. The molecule has 0 radical (unpaired) electrons. The molecule has 15 heavy (non-hydrogen) atoms. The predicted molar refractivity (Wildman–Crippen MR) is 52.8 cm³/mol. The predicted octanol–water partition coefficient (Wildman–Crippen LogP) is 0.936. The lowest BCUT2D eigenvalue weighted by Crippen LogP contribution is -2.27. The molecule has 0 spiro atoms. The van der Waals surface area contributed by atoms with Gasteiger partial charge in [0, 0.05) is 24.1 Å². The van der Waals surface area contributed by atoms with E-state index in [9.17, 15) is 9.18 Å². The Morgan fingerprint density at radius 3 is 2.67 bits per heavy atom. The molecule has 1 saturated carbocycles. The van der Waals surface area contributed by atoms with Crippen LogP contribution in [-0.2, 0) is 0 Å². The second kappa shape index (κ2) is 3.98. The SMILES string of the molecule is O=C(N[C@@H]1C[C@H]1CO)c1ccc(F)cc1. The standard InChI is InChI=1S/C11H12FNO2/c12-9-3-1-7(2-4-9)11(15)13-10-5-8(10)6-14/h1-4,8,10,14H,5-6H2,(H,13,15)/t8-,10+/m0/s1. The Morgan fingerprint density at radius 1 is 1.47 bits per heavy atom. The number of hydrogen-bond donors (Lipinski definition) is 2. The summed E-state index contributed by atoms with van der Waals surface area (Å²) >= 11 is 0. The van der Waals surface area contributed by atoms with Gasteiger partial charge in [-0.1, -0.05) is 0 Å². The second-order valence-corrected chi connectivity index (χ2v) is 3.77. The average Bonchev–Trinajstić information content (AvgIpc) is 2.97. The Hall–Kier alpha value is -1.42. The van der Waals surface area contributed by atoms with Gasteiger partial charge in [0.1, 0.15) is 5.82 Å². The molecule has 0 bridgehead atoms. The largest absolute Gasteiger partial charge is 0.396 e. The van der Waals surface area contributed by atoms with Crippen LogP contribution in [-0.4, -0.2) is 23.7 Å². The minimum atomic E-state index is -0.355. The zero-order valence-electron chi connectivity index (χ0n) is 8.11. The molecule has 80 valence electrons. The van der Waals surface area contributed by atoms with Crippen LogP contribution in [0.2, 0.25) is 0 Å². The number of halogens is 1. The van der Waals surface area contributed by atoms with E-state index in [-0.39, 0.29) is 30.3 Å². The fourth-order valence-corrected chi connectivity index (χ4v) is 1.48. The van der Waals surface area contributed by atoms with Crippen molar-refractivity contribution in [3.63, 3.8) is 0 Å². The third-order valence-corrected chi connectivity index (χ3v) is 2.58. The van der Waals surface area contributed by atoms with Crippen molar-refractivity contribution in [2.45, 2.75) is 12.5 Å². The van der Waals surface area contributed by atoms with E-state index in [1.165, 1.54) is 24.3 Å². The first-order valence-corrected chi connectivity index (χ1v) is 4.88. The summed E-state index contributed by atoms with van der Waals surface area (Å²) in [6, 6.07) is 5.48. The van der Waals surface area contributed by atoms with Crippen molar-refractivity contribution in [2.24, 2.45) is 5.92 Å². The Balaban J connectivity index is 1.94. The van der Waals surface area contributed by atoms with Gasteiger partial charge in [-0.15, -0.1) is 0 Å². The lowest BCUT2D eigenvalue weighted by molar-refractivity contribution is 0.0947. The van der Waals surface area contributed by atoms with Crippen LogP contribution >= 0.6 is 0 Å². The quantitative estimate of drug-likeness (QED) is 0.778. The Morgan fingerprint density at radius 2 is 2.13 bits per heavy atom. The van der Waals surface area contributed by atoms with Crippen molar-refractivity contribution in [2.75, 3.05) is 6.61 Å². The van der Waals surface area contributed by atoms with Gasteiger partial charge in [-0.2, -0.15) is 0 Å². The molecular formula is C11H12FNO2. The van der Waals surface area contributed by atoms with E-state index in [2.05, 4.69) is 5.32 Å². The number of carbonyl (C=O) groups is 1. The summed E-state index contributed by atoms with van der Waals surface area (Å²) in [4.78, 5) is 11.6. The smallest absolute Gasteiger partial charge is 0.251 e. The van der Waals surface area contributed by atoms with Crippen LogP contribution in [0.3, 0.4) is 0 Å². The average molecular weight is 209 g/mol. The summed E-state index contributed by atoms with van der Waals surface area (Å²) in [5, 5.41) is 11.6. The van der Waals surface area contributed by atoms with Gasteiger partial charge >= 0.3 is 0 Å². The Bertz CT molecular complexity index is 363. The highest BCUT2D eigenvalue weighted by molar-refractivity contribution is 5.94. The molecule has 2 N–H and O–H groups in total. The fraction of sp³-hybridized carbons (Fsp3) is 0.364. The second-order valence-electron chi connectivity index (χ2n) is 3.77. The molecule has 2 atom stereocenters. The van der Waals surface area contributed by atoms with Crippen molar-refractivity contribution >= 4 is 5.91 Å². The van der Waals surface area contributed by atoms with Gasteiger partial charge in [-0.3, -0.25) is 4.79 Å². The number of amides is 1. The van der Waals surface area contributed by atoms with Crippen LogP contribution in [0, 0.1) is 11.7 Å². The first-order chi connectivity index (χ1) is 7.20. The highest BCUT2D eigenvalue weighted by atomic mass is 19.1. The first kappa shape index (κ1) is 10.1. The number of rotatable bonds is 3. The Labute approximate surface area is 86.9 Å². The maximum atomic E-state index is 12.6. The molecule has 1 aliphatic rings. The summed E-state index contributed by atoms with van der Waals surface area (Å²) in [6.45, 7) is 0.106. The zero-order chi connectivity index (χ0) is 10.8. The summed E-state index contributed by atoms with van der Waals surface area (Å²) in [5.41, 5.74) is 0.444. The lowest BCUT2D eigenvalue weighted by Gasteiger charge is -2.03. The molecule has 2 rings (SSSR count). The van der Waals surface area contributed by atoms with Gasteiger partial charge in [0.15, 0.2) is 0 Å². The summed E-state index contributed by atoms with van der Waals surface area (Å²) in [7, 11) is 0. The van der Waals surface area contributed by atoms with Crippen LogP contribution in [0.15, 0.2) is 24.3 Å². The minimum Gasteiger partial charge on any atom is -0.396 e. The van der Waals surface area contributed by atoms with Crippen LogP contribution < -0.4 is 5.32 Å². The highest BCUT2D eigenvalue weighted by Crippen LogP contribution is 2.29. The molecule has 1 fully saturated rings. The van der Waals surface area contributed by atoms with E-state index in [1.807, 2.05) is 0 Å². The summed E-state index contributed by atoms with van der Waals surface area (Å²) in [5.74, 6) is -0.378. The molecule has 0 saturated heterocycles. The maximum absolute atomic E-state index is 12.6. The number of aliphatic hydroxyl groups excluding tert-OH is 1. The number of nitrogens with one attached hydrogen (secondary N) is 1. The molecule has 1 aromatic rings. The zero-order valence-corrected chi connectivity index (χ0v) is 8.11. The van der Waals surface area contributed by atoms with Crippen LogP contribution in [0.5, 0.6) is 0 Å². The van der Waals surface area contributed by atoms with Crippen molar-refractivity contribution in [3.8, 4) is 0 Å². The van der Waals surface area contributed by atoms with Crippen molar-refractivity contribution in [1.82, 2.24) is 5.32 Å². The fourth-order valence-electron chi connectivity index (χ4n) is 1.48. The lowest BCUT2D eigenvalue weighted by atomic mass is 10.2. The van der Waals surface area contributed by atoms with Gasteiger partial charge in [0.25, 0.3) is 5.91 Å². The van der Waals surface area contributed by atoms with E-state index in [0.717, 1.165) is 6.42 Å². The van der Waals surface area contributed by atoms with E-state index < -0.39 is 0 Å². The van der Waals surface area contributed by atoms with E-state index in [0.29, 0.717) is 5.56 Å². The van der Waals surface area contributed by atoms with Crippen LogP contribution in [0.4, 0.5) is 4.39 Å². The van der Waals surface area contributed by atoms with Crippen LogP contribution in [0.1, 0.15) is 16.8 Å². The van der Waals surface area contributed by atoms with Crippen molar-refractivity contribution < 1.29 is 14.3 Å². The molecule has 0 unspecified atom stereocenters. The number of carbonyl (C=O) groups excluding carboxylic acids is 1. The molecule has 1 aromatic carbocycles. The molecule has 0 heterocycles. The monoisotopic (exact) mass is 209 g/mol. The number of benzene rings is 1. The van der Waals surface area contributed by atoms with E-state index >= 15 is 0 Å². The topological polar surface area (TPSA) is 49.3 Å². The van der Waals surface area contributed by atoms with Crippen molar-refractivity contribution in [3.05, 3.63) is 35.6 Å². The Kier molecular flexibility index (Phi) is 2.68. The number of aliphatic hydroxyl groups is 1. The van der Waals surface area contributed by atoms with E-state index in [4.69, 9.17) is 5.11 Å². The molecule has 1 amide bonds. The van der Waals surface area contributed by atoms with Gasteiger partial charge in [-0.05, 0) is 30.7 Å². The molecule has 0 aromatic heterocycles. The molecule has 0 aliphatic heterocycles. The normalized spacial score (nSPS) is 23.6. The molecule has 4 heteroatoms. The van der Waals surface area contributed by atoms with Crippen molar-refractivity contribution in [1.29, 1.82) is 0 Å². The van der Waals surface area contributed by atoms with Crippen LogP contribution in [0.25, 0.3) is 0 Å². The minimum absolute atomic E-state index is 0.0764. The van der Waals surface area contributed by atoms with Gasteiger partial charge in [-0.25, -0.2) is 4.39 Å². The third-order valence-electron chi connectivity index (χ3n) is 2.58. The van der Waals surface area contributed by atoms with Gasteiger partial charge in [0.2, 0.25) is 0 Å². The van der Waals surface area contributed by atoms with Gasteiger partial charge < -0.3 is 10.4 Å². The molecule has 1 aliphatic carbocycles.